The number of aromatic nitrogens is 2. The SMILES string of the molecule is Cc1c(Cl)cccc1NC(=O)c1cc(NC(=O)c2ccccc2C(F)(F)F)cc2[nH]c(CS(=O)O)nc12. The number of amides is 2. The highest BCUT2D eigenvalue weighted by atomic mass is 35.5. The van der Waals surface area contributed by atoms with E-state index >= 15 is 0 Å². The topological polar surface area (TPSA) is 124 Å². The van der Waals surface area contributed by atoms with Crippen molar-refractivity contribution < 1.29 is 31.5 Å². The molecule has 0 bridgehead atoms. The summed E-state index contributed by atoms with van der Waals surface area (Å²) in [5.41, 5.74) is -0.396. The molecule has 0 fully saturated rings. The summed E-state index contributed by atoms with van der Waals surface area (Å²) in [4.78, 5) is 33.1. The number of carbonyl (C=O) groups is 2. The Hall–Kier alpha value is -3.74. The first-order chi connectivity index (χ1) is 17.4. The molecule has 0 spiro atoms. The van der Waals surface area contributed by atoms with Gasteiger partial charge in [0, 0.05) is 16.4 Å². The van der Waals surface area contributed by atoms with Crippen LogP contribution in [0.2, 0.25) is 5.02 Å². The van der Waals surface area contributed by atoms with Gasteiger partial charge in [0.1, 0.15) is 17.1 Å². The molecule has 0 saturated carbocycles. The zero-order valence-corrected chi connectivity index (χ0v) is 20.5. The summed E-state index contributed by atoms with van der Waals surface area (Å²) in [7, 11) is 0. The quantitative estimate of drug-likeness (QED) is 0.227. The zero-order valence-electron chi connectivity index (χ0n) is 18.9. The number of fused-ring (bicyclic) bond motifs is 1. The molecule has 13 heteroatoms. The molecule has 0 aliphatic rings. The van der Waals surface area contributed by atoms with Gasteiger partial charge in [0.15, 0.2) is 11.1 Å². The lowest BCUT2D eigenvalue weighted by atomic mass is 10.1. The Morgan fingerprint density at radius 2 is 1.76 bits per heavy atom. The number of halogens is 4. The third kappa shape index (κ3) is 5.82. The second-order valence-corrected chi connectivity index (χ2v) is 9.27. The summed E-state index contributed by atoms with van der Waals surface area (Å²) in [5, 5.41) is 5.51. The van der Waals surface area contributed by atoms with Crippen molar-refractivity contribution >= 4 is 56.9 Å². The molecule has 1 atom stereocenters. The van der Waals surface area contributed by atoms with E-state index in [1.54, 1.807) is 25.1 Å². The highest BCUT2D eigenvalue weighted by Gasteiger charge is 2.35. The number of aromatic amines is 1. The normalized spacial score (nSPS) is 12.4. The molecule has 2 amide bonds. The van der Waals surface area contributed by atoms with E-state index in [2.05, 4.69) is 20.6 Å². The van der Waals surface area contributed by atoms with Crippen LogP contribution in [0, 0.1) is 6.92 Å². The molecule has 3 aromatic carbocycles. The van der Waals surface area contributed by atoms with Crippen molar-refractivity contribution in [1.29, 1.82) is 0 Å². The highest BCUT2D eigenvalue weighted by molar-refractivity contribution is 7.78. The van der Waals surface area contributed by atoms with Gasteiger partial charge in [-0.1, -0.05) is 29.8 Å². The van der Waals surface area contributed by atoms with Crippen LogP contribution in [0.25, 0.3) is 11.0 Å². The van der Waals surface area contributed by atoms with E-state index in [1.165, 1.54) is 24.3 Å². The molecule has 0 saturated heterocycles. The largest absolute Gasteiger partial charge is 0.417 e. The van der Waals surface area contributed by atoms with Crippen LogP contribution >= 0.6 is 11.6 Å². The first kappa shape index (κ1) is 26.3. The number of nitrogens with one attached hydrogen (secondary N) is 3. The van der Waals surface area contributed by atoms with Crippen LogP contribution < -0.4 is 10.6 Å². The number of hydrogen-bond acceptors (Lipinski definition) is 4. The van der Waals surface area contributed by atoms with Gasteiger partial charge >= 0.3 is 6.18 Å². The van der Waals surface area contributed by atoms with Gasteiger partial charge in [0.05, 0.1) is 22.2 Å². The second kappa shape index (κ2) is 10.3. The van der Waals surface area contributed by atoms with Crippen LogP contribution in [-0.2, 0) is 23.0 Å². The lowest BCUT2D eigenvalue weighted by molar-refractivity contribution is -0.137. The minimum absolute atomic E-state index is 0.00256. The van der Waals surface area contributed by atoms with Gasteiger partial charge in [-0.05, 0) is 48.9 Å². The van der Waals surface area contributed by atoms with Crippen molar-refractivity contribution in [2.45, 2.75) is 18.9 Å². The van der Waals surface area contributed by atoms with E-state index in [0.717, 1.165) is 12.1 Å². The molecule has 0 aliphatic carbocycles. The first-order valence-corrected chi connectivity index (χ1v) is 12.2. The van der Waals surface area contributed by atoms with Crippen LogP contribution in [0.5, 0.6) is 0 Å². The van der Waals surface area contributed by atoms with E-state index in [9.17, 15) is 31.5 Å². The van der Waals surface area contributed by atoms with Crippen molar-refractivity contribution in [1.82, 2.24) is 9.97 Å². The van der Waals surface area contributed by atoms with Crippen molar-refractivity contribution in [3.8, 4) is 0 Å². The molecule has 1 heterocycles. The fraction of sp³-hybridized carbons (Fsp3) is 0.125. The van der Waals surface area contributed by atoms with Gasteiger partial charge in [-0.15, -0.1) is 0 Å². The summed E-state index contributed by atoms with van der Waals surface area (Å²) in [6.45, 7) is 1.70. The average Bonchev–Trinajstić information content (AvgIpc) is 3.22. The Morgan fingerprint density at radius 3 is 2.46 bits per heavy atom. The standard InChI is InChI=1S/C24H18ClF3N4O4S/c1-12-17(25)7-4-8-18(12)31-23(34)15-9-13(10-19-21(15)32-20(30-19)11-37(35)36)29-22(33)14-5-2-3-6-16(14)24(26,27)28/h2-10H,11H2,1H3,(H,29,33)(H,30,32)(H,31,34)(H,35,36). The highest BCUT2D eigenvalue weighted by Crippen LogP contribution is 2.33. The number of carbonyl (C=O) groups excluding carboxylic acids is 2. The Labute approximate surface area is 215 Å². The molecule has 4 aromatic rings. The maximum atomic E-state index is 13.4. The number of rotatable bonds is 6. The summed E-state index contributed by atoms with van der Waals surface area (Å²) < 4.78 is 60.7. The third-order valence-corrected chi connectivity index (χ3v) is 6.32. The lowest BCUT2D eigenvalue weighted by Gasteiger charge is -2.14. The summed E-state index contributed by atoms with van der Waals surface area (Å²) in [5.74, 6) is -1.95. The Morgan fingerprint density at radius 1 is 1.05 bits per heavy atom. The molecule has 0 aliphatic heterocycles. The summed E-state index contributed by atoms with van der Waals surface area (Å²) >= 11 is 3.89. The number of alkyl halides is 3. The van der Waals surface area contributed by atoms with Gasteiger partial charge in [0.25, 0.3) is 11.8 Å². The number of anilines is 2. The predicted molar refractivity (Wildman–Crippen MR) is 134 cm³/mol. The lowest BCUT2D eigenvalue weighted by Crippen LogP contribution is -2.19. The van der Waals surface area contributed by atoms with Crippen molar-refractivity contribution in [3.63, 3.8) is 0 Å². The maximum absolute atomic E-state index is 13.4. The molecule has 8 nitrogen and oxygen atoms in total. The van der Waals surface area contributed by atoms with Crippen LogP contribution in [0.4, 0.5) is 24.5 Å². The van der Waals surface area contributed by atoms with Gasteiger partial charge in [-0.25, -0.2) is 9.19 Å². The molecule has 192 valence electrons. The second-order valence-electron chi connectivity index (χ2n) is 7.93. The van der Waals surface area contributed by atoms with E-state index in [0.29, 0.717) is 16.3 Å². The fourth-order valence-corrected chi connectivity index (χ4v) is 4.20. The molecule has 0 radical (unpaired) electrons. The molecular weight excluding hydrogens is 533 g/mol. The van der Waals surface area contributed by atoms with Crippen LogP contribution in [0.1, 0.15) is 37.7 Å². The Bertz CT molecular complexity index is 1560. The minimum Gasteiger partial charge on any atom is -0.341 e. The number of benzene rings is 3. The van der Waals surface area contributed by atoms with Gasteiger partial charge in [-0.3, -0.25) is 9.59 Å². The molecule has 4 N–H and O–H groups in total. The molecule has 4 rings (SSSR count). The summed E-state index contributed by atoms with van der Waals surface area (Å²) in [6, 6.07) is 11.8. The van der Waals surface area contributed by atoms with Crippen molar-refractivity contribution in [2.24, 2.45) is 0 Å². The van der Waals surface area contributed by atoms with E-state index in [1.807, 2.05) is 0 Å². The van der Waals surface area contributed by atoms with Crippen molar-refractivity contribution in [3.05, 3.63) is 87.7 Å². The fourth-order valence-electron chi connectivity index (χ4n) is 3.66. The number of nitrogens with zero attached hydrogens (tertiary/aromatic N) is 1. The predicted octanol–water partition coefficient (Wildman–Crippen LogP) is 5.77. The molecule has 37 heavy (non-hydrogen) atoms. The molecule has 1 aromatic heterocycles. The van der Waals surface area contributed by atoms with Crippen LogP contribution in [0.3, 0.4) is 0 Å². The van der Waals surface area contributed by atoms with Gasteiger partial charge < -0.3 is 20.2 Å². The Kier molecular flexibility index (Phi) is 7.35. The maximum Gasteiger partial charge on any atom is 0.417 e. The zero-order chi connectivity index (χ0) is 26.9. The monoisotopic (exact) mass is 550 g/mol. The molecule has 1 unspecified atom stereocenters. The first-order valence-electron chi connectivity index (χ1n) is 10.6. The van der Waals surface area contributed by atoms with Gasteiger partial charge in [0.2, 0.25) is 0 Å². The average molecular weight is 551 g/mol. The third-order valence-electron chi connectivity index (χ3n) is 5.39. The number of hydrogen-bond donors (Lipinski definition) is 4. The van der Waals surface area contributed by atoms with E-state index < -0.39 is 40.2 Å². The summed E-state index contributed by atoms with van der Waals surface area (Å²) in [6.07, 6.45) is -4.75. The van der Waals surface area contributed by atoms with E-state index in [-0.39, 0.29) is 33.9 Å². The van der Waals surface area contributed by atoms with Crippen LogP contribution in [0.15, 0.2) is 54.6 Å². The van der Waals surface area contributed by atoms with Gasteiger partial charge in [-0.2, -0.15) is 13.2 Å². The minimum atomic E-state index is -4.75. The molecular formula is C24H18ClF3N4O4S. The smallest absolute Gasteiger partial charge is 0.341 e. The van der Waals surface area contributed by atoms with Crippen molar-refractivity contribution in [2.75, 3.05) is 10.6 Å². The number of imidazole rings is 1. The van der Waals surface area contributed by atoms with E-state index in [4.69, 9.17) is 11.6 Å². The van der Waals surface area contributed by atoms with Crippen LogP contribution in [-0.4, -0.2) is 30.5 Å². The Balaban J connectivity index is 1.76. The number of H-pyrrole nitrogens is 1.